The molecule has 1 saturated heterocycles. The Bertz CT molecular complexity index is 822. The Morgan fingerprint density at radius 1 is 1.29 bits per heavy atom. The van der Waals surface area contributed by atoms with Gasteiger partial charge in [-0.05, 0) is 62.3 Å². The molecule has 1 atom stereocenters. The van der Waals surface area contributed by atoms with E-state index in [0.29, 0.717) is 24.3 Å². The monoisotopic (exact) mass is 326 g/mol. The summed E-state index contributed by atoms with van der Waals surface area (Å²) < 4.78 is 0. The summed E-state index contributed by atoms with van der Waals surface area (Å²) in [6.45, 7) is 7.98. The van der Waals surface area contributed by atoms with Crippen molar-refractivity contribution in [3.63, 3.8) is 0 Å². The molecular formula is C20H26N2O2. The van der Waals surface area contributed by atoms with Crippen LogP contribution in [0.25, 0.3) is 10.9 Å². The number of benzene rings is 1. The van der Waals surface area contributed by atoms with Crippen molar-refractivity contribution in [3.05, 3.63) is 45.2 Å². The number of H-pyrrole nitrogens is 1. The topological polar surface area (TPSA) is 53.2 Å². The third-order valence-electron chi connectivity index (χ3n) is 5.01. The van der Waals surface area contributed by atoms with E-state index in [1.54, 1.807) is 0 Å². The lowest BCUT2D eigenvalue weighted by molar-refractivity contribution is -0.132. The first kappa shape index (κ1) is 16.7. The van der Waals surface area contributed by atoms with Crippen molar-refractivity contribution in [3.8, 4) is 0 Å². The number of nitrogens with one attached hydrogen (secondary N) is 1. The maximum atomic E-state index is 12.4. The fourth-order valence-electron chi connectivity index (χ4n) is 3.72. The zero-order valence-electron chi connectivity index (χ0n) is 14.8. The largest absolute Gasteiger partial charge is 0.342 e. The number of piperidine rings is 1. The number of aromatic amines is 1. The summed E-state index contributed by atoms with van der Waals surface area (Å²) in [5.41, 5.74) is 3.79. The van der Waals surface area contributed by atoms with E-state index in [2.05, 4.69) is 24.9 Å². The summed E-state index contributed by atoms with van der Waals surface area (Å²) >= 11 is 0. The third kappa shape index (κ3) is 3.53. The highest BCUT2D eigenvalue weighted by Gasteiger charge is 2.20. The fourth-order valence-corrected chi connectivity index (χ4v) is 3.72. The van der Waals surface area contributed by atoms with Crippen LogP contribution in [0.4, 0.5) is 0 Å². The number of fused-ring (bicyclic) bond motifs is 1. The zero-order valence-corrected chi connectivity index (χ0v) is 14.8. The van der Waals surface area contributed by atoms with E-state index >= 15 is 0 Å². The van der Waals surface area contributed by atoms with E-state index < -0.39 is 0 Å². The number of amides is 1. The van der Waals surface area contributed by atoms with E-state index in [9.17, 15) is 9.59 Å². The van der Waals surface area contributed by atoms with Crippen LogP contribution in [0.1, 0.15) is 42.9 Å². The Labute approximate surface area is 142 Å². The molecule has 2 heterocycles. The molecule has 0 bridgehead atoms. The summed E-state index contributed by atoms with van der Waals surface area (Å²) in [5.74, 6) is 0.749. The van der Waals surface area contributed by atoms with Crippen molar-refractivity contribution in [1.82, 2.24) is 9.88 Å². The molecule has 0 aliphatic carbocycles. The van der Waals surface area contributed by atoms with Crippen LogP contribution in [-0.4, -0.2) is 28.9 Å². The van der Waals surface area contributed by atoms with Crippen molar-refractivity contribution < 1.29 is 4.79 Å². The lowest BCUT2D eigenvalue weighted by Gasteiger charge is -2.31. The molecule has 0 spiro atoms. The minimum absolute atomic E-state index is 0.0766. The van der Waals surface area contributed by atoms with Crippen LogP contribution < -0.4 is 5.56 Å². The number of pyridine rings is 1. The van der Waals surface area contributed by atoms with Gasteiger partial charge in [0.2, 0.25) is 5.91 Å². The summed E-state index contributed by atoms with van der Waals surface area (Å²) in [7, 11) is 0. The predicted molar refractivity (Wildman–Crippen MR) is 97.3 cm³/mol. The van der Waals surface area contributed by atoms with Crippen LogP contribution in [-0.2, 0) is 11.2 Å². The van der Waals surface area contributed by atoms with Gasteiger partial charge in [-0.2, -0.15) is 0 Å². The number of rotatable bonds is 3. The molecular weight excluding hydrogens is 300 g/mol. The first-order valence-electron chi connectivity index (χ1n) is 8.85. The van der Waals surface area contributed by atoms with Gasteiger partial charge in [-0.1, -0.05) is 13.0 Å². The van der Waals surface area contributed by atoms with E-state index in [1.165, 1.54) is 6.42 Å². The second-order valence-corrected chi connectivity index (χ2v) is 7.25. The molecule has 1 unspecified atom stereocenters. The molecule has 1 N–H and O–H groups in total. The van der Waals surface area contributed by atoms with Gasteiger partial charge in [0.15, 0.2) is 0 Å². The van der Waals surface area contributed by atoms with Crippen LogP contribution in [0.15, 0.2) is 23.0 Å². The van der Waals surface area contributed by atoms with E-state index in [4.69, 9.17) is 0 Å². The Hall–Kier alpha value is -2.10. The molecule has 1 aromatic carbocycles. The lowest BCUT2D eigenvalue weighted by atomic mass is 9.99. The highest BCUT2D eigenvalue weighted by Crippen LogP contribution is 2.20. The third-order valence-corrected chi connectivity index (χ3v) is 5.01. The molecule has 1 amide bonds. The second kappa shape index (κ2) is 6.80. The van der Waals surface area contributed by atoms with Crippen molar-refractivity contribution >= 4 is 16.8 Å². The first-order valence-corrected chi connectivity index (χ1v) is 8.85. The minimum atomic E-state index is -0.0766. The normalized spacial score (nSPS) is 18.1. The fraction of sp³-hybridized carbons (Fsp3) is 0.500. The molecule has 4 heteroatoms. The van der Waals surface area contributed by atoms with Crippen LogP contribution in [0.2, 0.25) is 0 Å². The van der Waals surface area contributed by atoms with Crippen LogP contribution in [0.3, 0.4) is 0 Å². The maximum Gasteiger partial charge on any atom is 0.251 e. The van der Waals surface area contributed by atoms with Gasteiger partial charge in [-0.25, -0.2) is 0 Å². The van der Waals surface area contributed by atoms with Crippen LogP contribution in [0, 0.1) is 19.8 Å². The molecule has 3 rings (SSSR count). The number of aromatic nitrogens is 1. The standard InChI is InChI=1S/C20H26N2O2/c1-13-5-4-8-22(12-13)19(23)7-6-16-11-17-15(3)9-14(2)10-18(17)21-20(16)24/h9-11,13H,4-8,12H2,1-3H3,(H,21,24). The maximum absolute atomic E-state index is 12.4. The average molecular weight is 326 g/mol. The molecule has 1 aromatic heterocycles. The summed E-state index contributed by atoms with van der Waals surface area (Å²) in [5, 5.41) is 1.06. The lowest BCUT2D eigenvalue weighted by Crippen LogP contribution is -2.39. The number of hydrogen-bond donors (Lipinski definition) is 1. The Kier molecular flexibility index (Phi) is 4.74. The van der Waals surface area contributed by atoms with Gasteiger partial charge in [-0.15, -0.1) is 0 Å². The summed E-state index contributed by atoms with van der Waals surface area (Å²) in [4.78, 5) is 29.7. The van der Waals surface area contributed by atoms with E-state index in [0.717, 1.165) is 41.5 Å². The zero-order chi connectivity index (χ0) is 17.3. The van der Waals surface area contributed by atoms with Gasteiger partial charge in [0.1, 0.15) is 0 Å². The molecule has 2 aromatic rings. The van der Waals surface area contributed by atoms with Gasteiger partial charge < -0.3 is 9.88 Å². The Morgan fingerprint density at radius 3 is 2.83 bits per heavy atom. The molecule has 0 saturated carbocycles. The van der Waals surface area contributed by atoms with Gasteiger partial charge in [0.25, 0.3) is 5.56 Å². The highest BCUT2D eigenvalue weighted by atomic mass is 16.2. The second-order valence-electron chi connectivity index (χ2n) is 7.25. The van der Waals surface area contributed by atoms with Crippen LogP contribution in [0.5, 0.6) is 0 Å². The summed E-state index contributed by atoms with van der Waals surface area (Å²) in [6.07, 6.45) is 3.20. The van der Waals surface area contributed by atoms with Gasteiger partial charge in [-0.3, -0.25) is 9.59 Å². The van der Waals surface area contributed by atoms with Crippen molar-refractivity contribution in [2.45, 2.75) is 46.5 Å². The van der Waals surface area contributed by atoms with Gasteiger partial charge in [0, 0.05) is 36.0 Å². The van der Waals surface area contributed by atoms with Crippen molar-refractivity contribution in [2.75, 3.05) is 13.1 Å². The average Bonchev–Trinajstić information content (AvgIpc) is 2.52. The van der Waals surface area contributed by atoms with Crippen molar-refractivity contribution in [1.29, 1.82) is 0 Å². The smallest absolute Gasteiger partial charge is 0.251 e. The molecule has 1 aliphatic rings. The molecule has 128 valence electrons. The number of hydrogen-bond acceptors (Lipinski definition) is 2. The Morgan fingerprint density at radius 2 is 2.08 bits per heavy atom. The minimum Gasteiger partial charge on any atom is -0.342 e. The number of aryl methyl sites for hydroxylation is 3. The Balaban J connectivity index is 1.76. The molecule has 4 nitrogen and oxygen atoms in total. The van der Waals surface area contributed by atoms with Crippen molar-refractivity contribution in [2.24, 2.45) is 5.92 Å². The van der Waals surface area contributed by atoms with E-state index in [-0.39, 0.29) is 11.5 Å². The number of nitrogens with zero attached hydrogens (tertiary/aromatic N) is 1. The quantitative estimate of drug-likeness (QED) is 0.940. The van der Waals surface area contributed by atoms with Crippen LogP contribution >= 0.6 is 0 Å². The number of carbonyl (C=O) groups is 1. The number of carbonyl (C=O) groups excluding carboxylic acids is 1. The van der Waals surface area contributed by atoms with Gasteiger partial charge >= 0.3 is 0 Å². The predicted octanol–water partition coefficient (Wildman–Crippen LogP) is 3.34. The van der Waals surface area contributed by atoms with Gasteiger partial charge in [0.05, 0.1) is 0 Å². The molecule has 0 radical (unpaired) electrons. The SMILES string of the molecule is Cc1cc(C)c2cc(CCC(=O)N3CCCC(C)C3)c(=O)[nH]c2c1. The highest BCUT2D eigenvalue weighted by molar-refractivity contribution is 5.83. The molecule has 24 heavy (non-hydrogen) atoms. The van der Waals surface area contributed by atoms with E-state index in [1.807, 2.05) is 24.0 Å². The summed E-state index contributed by atoms with van der Waals surface area (Å²) in [6, 6.07) is 6.06. The number of likely N-dealkylation sites (tertiary alicyclic amines) is 1. The first-order chi connectivity index (χ1) is 11.4. The molecule has 1 fully saturated rings. The molecule has 1 aliphatic heterocycles.